The second kappa shape index (κ2) is 11.3. The van der Waals surface area contributed by atoms with E-state index in [4.69, 9.17) is 27.9 Å². The minimum absolute atomic E-state index is 0.322. The summed E-state index contributed by atoms with van der Waals surface area (Å²) in [5.41, 5.74) is 3.02. The third-order valence-electron chi connectivity index (χ3n) is 5.22. The first kappa shape index (κ1) is 23.2. The first-order chi connectivity index (χ1) is 15.0. The molecule has 31 heavy (non-hydrogen) atoms. The molecule has 164 valence electrons. The lowest BCUT2D eigenvalue weighted by Crippen LogP contribution is -2.07. The fourth-order valence-corrected chi connectivity index (χ4v) is 3.92. The Morgan fingerprint density at radius 1 is 0.968 bits per heavy atom. The third-order valence-corrected chi connectivity index (χ3v) is 5.80. The van der Waals surface area contributed by atoms with E-state index in [1.54, 1.807) is 18.2 Å². The van der Waals surface area contributed by atoms with Gasteiger partial charge in [-0.25, -0.2) is 4.79 Å². The predicted molar refractivity (Wildman–Crippen MR) is 126 cm³/mol. The summed E-state index contributed by atoms with van der Waals surface area (Å²) >= 11 is 12.1. The van der Waals surface area contributed by atoms with Gasteiger partial charge in [-0.2, -0.15) is 0 Å². The Morgan fingerprint density at radius 3 is 2.39 bits per heavy atom. The third kappa shape index (κ3) is 6.52. The first-order valence-electron chi connectivity index (χ1n) is 10.6. The number of carboxylic acid groups (broad SMARTS) is 1. The summed E-state index contributed by atoms with van der Waals surface area (Å²) in [4.78, 5) is 11.7. The van der Waals surface area contributed by atoms with Gasteiger partial charge in [-0.15, -0.1) is 0 Å². The molecule has 2 aromatic carbocycles. The average molecular weight is 460 g/mol. The maximum atomic E-state index is 11.7. The summed E-state index contributed by atoms with van der Waals surface area (Å²) < 4.78 is 7.67. The number of unbranched alkanes of at least 4 members (excludes halogenated alkanes) is 4. The Bertz CT molecular complexity index is 1010. The highest BCUT2D eigenvalue weighted by atomic mass is 35.5. The molecule has 1 heterocycles. The highest BCUT2D eigenvalue weighted by Gasteiger charge is 2.13. The molecule has 0 spiro atoms. The highest BCUT2D eigenvalue weighted by Crippen LogP contribution is 2.27. The minimum Gasteiger partial charge on any atom is -0.489 e. The highest BCUT2D eigenvalue weighted by molar-refractivity contribution is 6.35. The van der Waals surface area contributed by atoms with Crippen LogP contribution in [0.3, 0.4) is 0 Å². The smallest absolute Gasteiger partial charge is 0.352 e. The van der Waals surface area contributed by atoms with Crippen molar-refractivity contribution in [1.29, 1.82) is 0 Å². The molecule has 1 aromatic heterocycles. The Kier molecular flexibility index (Phi) is 8.44. The average Bonchev–Trinajstić information content (AvgIpc) is 3.18. The molecular formula is C25H27Cl2NO3. The fourth-order valence-electron chi connectivity index (χ4n) is 3.46. The molecule has 3 rings (SSSR count). The van der Waals surface area contributed by atoms with Gasteiger partial charge in [0.25, 0.3) is 0 Å². The molecule has 0 fully saturated rings. The van der Waals surface area contributed by atoms with Crippen LogP contribution in [0, 0.1) is 0 Å². The molecule has 3 aromatic rings. The van der Waals surface area contributed by atoms with Gasteiger partial charge >= 0.3 is 5.97 Å². The second-order valence-electron chi connectivity index (χ2n) is 7.58. The van der Waals surface area contributed by atoms with Crippen LogP contribution in [0.4, 0.5) is 0 Å². The van der Waals surface area contributed by atoms with Gasteiger partial charge in [0.15, 0.2) is 0 Å². The van der Waals surface area contributed by atoms with Crippen LogP contribution in [0.25, 0.3) is 11.1 Å². The zero-order chi connectivity index (χ0) is 22.2. The van der Waals surface area contributed by atoms with Crippen LogP contribution in [0.2, 0.25) is 10.0 Å². The molecule has 0 aliphatic heterocycles. The van der Waals surface area contributed by atoms with E-state index in [1.165, 1.54) is 19.3 Å². The molecule has 0 aliphatic carbocycles. The number of halogens is 2. The van der Waals surface area contributed by atoms with E-state index >= 15 is 0 Å². The van der Waals surface area contributed by atoms with Crippen LogP contribution in [0.1, 0.15) is 55.1 Å². The Morgan fingerprint density at radius 2 is 1.71 bits per heavy atom. The lowest BCUT2D eigenvalue weighted by molar-refractivity contribution is 0.0685. The van der Waals surface area contributed by atoms with E-state index in [1.807, 2.05) is 41.1 Å². The maximum absolute atomic E-state index is 11.7. The number of carbonyl (C=O) groups is 1. The molecule has 0 saturated heterocycles. The molecule has 0 atom stereocenters. The minimum atomic E-state index is -0.903. The molecule has 0 unspecified atom stereocenters. The largest absolute Gasteiger partial charge is 0.489 e. The number of aryl methyl sites for hydroxylation is 1. The first-order valence-corrected chi connectivity index (χ1v) is 11.3. The van der Waals surface area contributed by atoms with E-state index in [0.29, 0.717) is 34.6 Å². The molecule has 0 amide bonds. The number of hydrogen-bond donors (Lipinski definition) is 1. The van der Waals surface area contributed by atoms with E-state index in [0.717, 1.165) is 29.5 Å². The Labute approximate surface area is 193 Å². The number of aromatic nitrogens is 1. The summed E-state index contributed by atoms with van der Waals surface area (Å²) in [5.74, 6) is -0.191. The zero-order valence-electron chi connectivity index (χ0n) is 17.6. The molecule has 0 saturated carbocycles. The van der Waals surface area contributed by atoms with E-state index in [9.17, 15) is 9.90 Å². The van der Waals surface area contributed by atoms with E-state index < -0.39 is 5.97 Å². The Hall–Kier alpha value is -2.43. The molecule has 4 nitrogen and oxygen atoms in total. The lowest BCUT2D eigenvalue weighted by Gasteiger charge is -2.09. The van der Waals surface area contributed by atoms with Gasteiger partial charge < -0.3 is 14.4 Å². The van der Waals surface area contributed by atoms with Gasteiger partial charge in [-0.1, -0.05) is 74.0 Å². The summed E-state index contributed by atoms with van der Waals surface area (Å²) in [6.07, 6.45) is 7.63. The summed E-state index contributed by atoms with van der Waals surface area (Å²) in [6.45, 7) is 3.24. The number of ether oxygens (including phenoxy) is 1. The van der Waals surface area contributed by atoms with Crippen molar-refractivity contribution in [2.45, 2.75) is 52.2 Å². The monoisotopic (exact) mass is 459 g/mol. The van der Waals surface area contributed by atoms with Crippen molar-refractivity contribution in [2.24, 2.45) is 0 Å². The normalized spacial score (nSPS) is 10.9. The lowest BCUT2D eigenvalue weighted by atomic mass is 10.1. The van der Waals surface area contributed by atoms with E-state index in [-0.39, 0.29) is 0 Å². The van der Waals surface area contributed by atoms with Gasteiger partial charge in [0.05, 0.1) is 0 Å². The summed E-state index contributed by atoms with van der Waals surface area (Å²) in [7, 11) is 0. The molecule has 0 bridgehead atoms. The van der Waals surface area contributed by atoms with Crippen molar-refractivity contribution in [1.82, 2.24) is 4.57 Å². The number of rotatable bonds is 11. The Balaban J connectivity index is 1.65. The molecule has 1 N–H and O–H groups in total. The molecule has 0 aliphatic rings. The zero-order valence-corrected chi connectivity index (χ0v) is 19.1. The van der Waals surface area contributed by atoms with E-state index in [2.05, 4.69) is 6.92 Å². The molecule has 0 radical (unpaired) electrons. The molecular weight excluding hydrogens is 433 g/mol. The quantitative estimate of drug-likeness (QED) is 0.298. The van der Waals surface area contributed by atoms with Gasteiger partial charge in [0.1, 0.15) is 18.1 Å². The van der Waals surface area contributed by atoms with Gasteiger partial charge in [-0.3, -0.25) is 0 Å². The topological polar surface area (TPSA) is 51.5 Å². The van der Waals surface area contributed by atoms with Crippen LogP contribution in [0.15, 0.2) is 54.7 Å². The van der Waals surface area contributed by atoms with Crippen molar-refractivity contribution in [3.8, 4) is 16.9 Å². The van der Waals surface area contributed by atoms with Crippen molar-refractivity contribution < 1.29 is 14.6 Å². The van der Waals surface area contributed by atoms with Crippen LogP contribution >= 0.6 is 23.2 Å². The SMILES string of the molecule is CCCCCCCn1cc(-c2ccc(OCc3ccc(Cl)cc3Cl)cc2)cc1C(=O)O. The summed E-state index contributed by atoms with van der Waals surface area (Å²) in [5, 5.41) is 10.7. The predicted octanol–water partition coefficient (Wildman–Crippen LogP) is 7.71. The van der Waals surface area contributed by atoms with Crippen molar-refractivity contribution in [3.05, 3.63) is 76.0 Å². The van der Waals surface area contributed by atoms with Gasteiger partial charge in [-0.05, 0) is 42.3 Å². The van der Waals surface area contributed by atoms with Crippen molar-refractivity contribution in [2.75, 3.05) is 0 Å². The fraction of sp³-hybridized carbons (Fsp3) is 0.320. The maximum Gasteiger partial charge on any atom is 0.352 e. The second-order valence-corrected chi connectivity index (χ2v) is 8.42. The number of aromatic carboxylic acids is 1. The van der Waals surface area contributed by atoms with Crippen LogP contribution in [-0.4, -0.2) is 15.6 Å². The number of hydrogen-bond acceptors (Lipinski definition) is 2. The number of benzene rings is 2. The summed E-state index contributed by atoms with van der Waals surface area (Å²) in [6, 6.07) is 14.7. The van der Waals surface area contributed by atoms with Crippen molar-refractivity contribution in [3.63, 3.8) is 0 Å². The van der Waals surface area contributed by atoms with Crippen LogP contribution in [-0.2, 0) is 13.2 Å². The number of nitrogens with zero attached hydrogens (tertiary/aromatic N) is 1. The van der Waals surface area contributed by atoms with Crippen LogP contribution < -0.4 is 4.74 Å². The van der Waals surface area contributed by atoms with Gasteiger partial charge in [0.2, 0.25) is 0 Å². The van der Waals surface area contributed by atoms with Crippen molar-refractivity contribution >= 4 is 29.2 Å². The van der Waals surface area contributed by atoms with Crippen LogP contribution in [0.5, 0.6) is 5.75 Å². The van der Waals surface area contributed by atoms with Gasteiger partial charge in [0, 0.05) is 33.9 Å². The standard InChI is InChI=1S/C25H27Cl2NO3/c1-2-3-4-5-6-13-28-16-20(14-24(28)25(29)30)18-8-11-22(12-9-18)31-17-19-7-10-21(26)15-23(19)27/h7-12,14-16H,2-6,13,17H2,1H3,(H,29,30). The number of carboxylic acids is 1. The molecule has 6 heteroatoms.